The molecule has 8 nitrogen and oxygen atoms in total. The van der Waals surface area contributed by atoms with Gasteiger partial charge in [-0.3, -0.25) is 9.79 Å². The average Bonchev–Trinajstić information content (AvgIpc) is 2.85. The van der Waals surface area contributed by atoms with Gasteiger partial charge in [-0.1, -0.05) is 6.42 Å². The molecule has 0 radical (unpaired) electrons. The lowest BCUT2D eigenvalue weighted by Gasteiger charge is -2.34. The number of aromatic nitrogens is 3. The number of carbonyl (C=O) groups is 1. The molecule has 144 valence electrons. The van der Waals surface area contributed by atoms with Gasteiger partial charge < -0.3 is 20.5 Å². The highest BCUT2D eigenvalue weighted by Crippen LogP contribution is 2.19. The van der Waals surface area contributed by atoms with E-state index in [4.69, 9.17) is 5.73 Å². The molecule has 0 saturated carbocycles. The second-order valence-electron chi connectivity index (χ2n) is 7.34. The quantitative estimate of drug-likeness (QED) is 0.594. The zero-order valence-electron chi connectivity index (χ0n) is 15.8. The molecular formula is C18H31N7O. The summed E-state index contributed by atoms with van der Waals surface area (Å²) < 4.78 is 2.29. The van der Waals surface area contributed by atoms with Crippen LogP contribution in [0.25, 0.3) is 0 Å². The number of nitrogens with zero attached hydrogens (tertiary/aromatic N) is 5. The van der Waals surface area contributed by atoms with E-state index in [-0.39, 0.29) is 5.91 Å². The van der Waals surface area contributed by atoms with Gasteiger partial charge in [0, 0.05) is 52.5 Å². The molecule has 1 saturated heterocycles. The molecule has 8 heteroatoms. The number of carbonyl (C=O) groups excluding carboxylic acids is 1. The molecule has 1 aromatic rings. The van der Waals surface area contributed by atoms with Crippen LogP contribution in [0.3, 0.4) is 0 Å². The Morgan fingerprint density at radius 3 is 2.96 bits per heavy atom. The van der Waals surface area contributed by atoms with Crippen molar-refractivity contribution in [1.82, 2.24) is 25.0 Å². The number of fused-ring (bicyclic) bond motifs is 1. The highest BCUT2D eigenvalue weighted by molar-refractivity contribution is 5.80. The van der Waals surface area contributed by atoms with Crippen LogP contribution in [-0.4, -0.2) is 58.2 Å². The van der Waals surface area contributed by atoms with E-state index in [1.807, 2.05) is 7.05 Å². The van der Waals surface area contributed by atoms with Crippen molar-refractivity contribution in [3.8, 4) is 0 Å². The number of aryl methyl sites for hydroxylation is 1. The van der Waals surface area contributed by atoms with Crippen molar-refractivity contribution < 1.29 is 4.79 Å². The maximum absolute atomic E-state index is 11.2. The molecule has 3 rings (SSSR count). The molecule has 0 aromatic carbocycles. The predicted octanol–water partition coefficient (Wildman–Crippen LogP) is 0.710. The van der Waals surface area contributed by atoms with Gasteiger partial charge in [-0.15, -0.1) is 10.2 Å². The molecule has 0 spiro atoms. The van der Waals surface area contributed by atoms with Crippen LogP contribution in [-0.2, 0) is 24.2 Å². The number of nitrogens with two attached hydrogens (primary N) is 1. The summed E-state index contributed by atoms with van der Waals surface area (Å²) >= 11 is 0. The van der Waals surface area contributed by atoms with Crippen LogP contribution in [0.4, 0.5) is 0 Å². The van der Waals surface area contributed by atoms with Crippen molar-refractivity contribution in [3.05, 3.63) is 11.6 Å². The normalized spacial score (nSPS) is 21.2. The van der Waals surface area contributed by atoms with Gasteiger partial charge in [0.2, 0.25) is 5.91 Å². The van der Waals surface area contributed by atoms with Crippen molar-refractivity contribution >= 4 is 11.9 Å². The third-order valence-corrected chi connectivity index (χ3v) is 5.34. The Kier molecular flexibility index (Phi) is 6.46. The first-order valence-electron chi connectivity index (χ1n) is 9.82. The van der Waals surface area contributed by atoms with E-state index < -0.39 is 0 Å². The number of amides is 1. The maximum Gasteiger partial charge on any atom is 0.217 e. The Labute approximate surface area is 155 Å². The monoisotopic (exact) mass is 361 g/mol. The Bertz CT molecular complexity index is 639. The smallest absolute Gasteiger partial charge is 0.217 e. The zero-order valence-corrected chi connectivity index (χ0v) is 15.8. The molecular weight excluding hydrogens is 330 g/mol. The number of rotatable bonds is 5. The second-order valence-corrected chi connectivity index (χ2v) is 7.34. The van der Waals surface area contributed by atoms with Crippen LogP contribution in [0.15, 0.2) is 4.99 Å². The minimum atomic E-state index is -0.215. The minimum Gasteiger partial charge on any atom is -0.370 e. The minimum absolute atomic E-state index is 0.215. The third-order valence-electron chi connectivity index (χ3n) is 5.34. The predicted molar refractivity (Wildman–Crippen MR) is 101 cm³/mol. The summed E-state index contributed by atoms with van der Waals surface area (Å²) in [6.07, 6.45) is 8.15. The van der Waals surface area contributed by atoms with Gasteiger partial charge in [0.1, 0.15) is 11.6 Å². The van der Waals surface area contributed by atoms with Gasteiger partial charge in [0.15, 0.2) is 5.96 Å². The van der Waals surface area contributed by atoms with E-state index in [1.165, 1.54) is 19.3 Å². The molecule has 3 N–H and O–H groups in total. The van der Waals surface area contributed by atoms with Crippen LogP contribution >= 0.6 is 0 Å². The van der Waals surface area contributed by atoms with Crippen molar-refractivity contribution in [2.75, 3.05) is 26.7 Å². The first kappa shape index (κ1) is 18.7. The number of primary amides is 1. The molecule has 0 aliphatic carbocycles. The van der Waals surface area contributed by atoms with E-state index in [1.54, 1.807) is 0 Å². The Balaban J connectivity index is 1.52. The van der Waals surface area contributed by atoms with Gasteiger partial charge in [-0.25, -0.2) is 0 Å². The molecule has 26 heavy (non-hydrogen) atoms. The van der Waals surface area contributed by atoms with Crippen molar-refractivity contribution in [2.45, 2.75) is 57.9 Å². The van der Waals surface area contributed by atoms with Crippen LogP contribution in [0, 0.1) is 5.92 Å². The van der Waals surface area contributed by atoms with E-state index in [0.717, 1.165) is 69.5 Å². The molecule has 0 bridgehead atoms. The van der Waals surface area contributed by atoms with Gasteiger partial charge in [0.05, 0.1) is 0 Å². The van der Waals surface area contributed by atoms with Gasteiger partial charge >= 0.3 is 0 Å². The largest absolute Gasteiger partial charge is 0.370 e. The molecule has 1 fully saturated rings. The first-order valence-corrected chi connectivity index (χ1v) is 9.82. The number of hydrogen-bond donors (Lipinski definition) is 2. The summed E-state index contributed by atoms with van der Waals surface area (Å²) in [5, 5.41) is 12.2. The summed E-state index contributed by atoms with van der Waals surface area (Å²) in [5.74, 6) is 3.21. The molecule has 1 aromatic heterocycles. The number of aliphatic imine (C=N–C) groups is 1. The zero-order chi connectivity index (χ0) is 18.4. The lowest BCUT2D eigenvalue weighted by Crippen LogP contribution is -2.47. The fourth-order valence-electron chi connectivity index (χ4n) is 4.06. The van der Waals surface area contributed by atoms with E-state index in [9.17, 15) is 4.79 Å². The summed E-state index contributed by atoms with van der Waals surface area (Å²) in [6, 6.07) is 0. The Hall–Kier alpha value is -2.12. The standard InChI is InChI=1S/C18H31N7O/c1-20-18(24-10-5-6-14(13-24)12-15(19)26)21-9-8-17-23-22-16-7-3-2-4-11-25(16)17/h14H,2-13H2,1H3,(H2,19,26)(H,20,21). The second kappa shape index (κ2) is 9.00. The lowest BCUT2D eigenvalue weighted by molar-refractivity contribution is -0.119. The summed E-state index contributed by atoms with van der Waals surface area (Å²) in [6.45, 7) is 3.62. The molecule has 2 aliphatic rings. The number of hydrogen-bond acceptors (Lipinski definition) is 4. The molecule has 1 unspecified atom stereocenters. The van der Waals surface area contributed by atoms with Gasteiger partial charge in [-0.2, -0.15) is 0 Å². The topological polar surface area (TPSA) is 101 Å². The highest BCUT2D eigenvalue weighted by Gasteiger charge is 2.23. The fraction of sp³-hybridized carbons (Fsp3) is 0.778. The van der Waals surface area contributed by atoms with Crippen molar-refractivity contribution in [2.24, 2.45) is 16.6 Å². The van der Waals surface area contributed by atoms with Crippen LogP contribution in [0.5, 0.6) is 0 Å². The van der Waals surface area contributed by atoms with Crippen LogP contribution < -0.4 is 11.1 Å². The van der Waals surface area contributed by atoms with Gasteiger partial charge in [-0.05, 0) is 31.6 Å². The summed E-state index contributed by atoms with van der Waals surface area (Å²) in [5.41, 5.74) is 5.36. The first-order chi connectivity index (χ1) is 12.7. The molecule has 1 atom stereocenters. The lowest BCUT2D eigenvalue weighted by atomic mass is 9.95. The highest BCUT2D eigenvalue weighted by atomic mass is 16.1. The van der Waals surface area contributed by atoms with Crippen molar-refractivity contribution in [3.63, 3.8) is 0 Å². The summed E-state index contributed by atoms with van der Waals surface area (Å²) in [7, 11) is 1.81. The van der Waals surface area contributed by atoms with Gasteiger partial charge in [0.25, 0.3) is 0 Å². The maximum atomic E-state index is 11.2. The average molecular weight is 361 g/mol. The Morgan fingerprint density at radius 1 is 1.27 bits per heavy atom. The third kappa shape index (κ3) is 4.74. The number of likely N-dealkylation sites (tertiary alicyclic amines) is 1. The molecule has 3 heterocycles. The van der Waals surface area contributed by atoms with Crippen molar-refractivity contribution in [1.29, 1.82) is 0 Å². The Morgan fingerprint density at radius 2 is 2.15 bits per heavy atom. The fourth-order valence-corrected chi connectivity index (χ4v) is 4.06. The number of guanidine groups is 1. The van der Waals surface area contributed by atoms with E-state index >= 15 is 0 Å². The van der Waals surface area contributed by atoms with Crippen LogP contribution in [0.1, 0.15) is 50.2 Å². The molecule has 2 aliphatic heterocycles. The number of piperidine rings is 1. The van der Waals surface area contributed by atoms with E-state index in [2.05, 4.69) is 30.0 Å². The number of nitrogens with one attached hydrogen (secondary N) is 1. The van der Waals surface area contributed by atoms with Crippen LogP contribution in [0.2, 0.25) is 0 Å². The SMILES string of the molecule is CN=C(NCCc1nnc2n1CCCCC2)N1CCCC(CC(N)=O)C1. The molecule has 1 amide bonds. The summed E-state index contributed by atoms with van der Waals surface area (Å²) in [4.78, 5) is 17.9. The van der Waals surface area contributed by atoms with E-state index in [0.29, 0.717) is 12.3 Å².